The SMILES string of the molecule is CC(C)C(=O)Cc1cc(C(C)NC(=O)C(C)Oc2ccc(C(F)(F)F)cc2)ccn1. The summed E-state index contributed by atoms with van der Waals surface area (Å²) in [6.07, 6.45) is -3.53. The fraction of sp³-hybridized carbons (Fsp3) is 0.409. The Morgan fingerprint density at radius 3 is 2.27 bits per heavy atom. The van der Waals surface area contributed by atoms with Crippen LogP contribution >= 0.6 is 0 Å². The number of carbonyl (C=O) groups excluding carboxylic acids is 2. The predicted octanol–water partition coefficient (Wildman–Crippen LogP) is 4.51. The number of rotatable bonds is 8. The number of ketones is 1. The van der Waals surface area contributed by atoms with Crippen molar-refractivity contribution in [3.05, 3.63) is 59.4 Å². The Morgan fingerprint density at radius 1 is 1.07 bits per heavy atom. The largest absolute Gasteiger partial charge is 0.481 e. The molecule has 30 heavy (non-hydrogen) atoms. The zero-order valence-electron chi connectivity index (χ0n) is 17.3. The summed E-state index contributed by atoms with van der Waals surface area (Å²) in [6.45, 7) is 6.95. The highest BCUT2D eigenvalue weighted by molar-refractivity contribution is 5.82. The van der Waals surface area contributed by atoms with E-state index in [9.17, 15) is 22.8 Å². The lowest BCUT2D eigenvalue weighted by atomic mass is 10.0. The van der Waals surface area contributed by atoms with Gasteiger partial charge in [0.1, 0.15) is 11.5 Å². The van der Waals surface area contributed by atoms with Crippen molar-refractivity contribution >= 4 is 11.7 Å². The van der Waals surface area contributed by atoms with Crippen molar-refractivity contribution in [2.75, 3.05) is 0 Å². The number of nitrogens with zero attached hydrogens (tertiary/aromatic N) is 1. The van der Waals surface area contributed by atoms with Crippen molar-refractivity contribution in [3.63, 3.8) is 0 Å². The molecule has 0 saturated carbocycles. The van der Waals surface area contributed by atoms with Crippen LogP contribution in [-0.4, -0.2) is 22.8 Å². The number of benzene rings is 1. The number of halogens is 3. The minimum Gasteiger partial charge on any atom is -0.481 e. The summed E-state index contributed by atoms with van der Waals surface area (Å²) in [5, 5.41) is 2.80. The maximum Gasteiger partial charge on any atom is 0.416 e. The number of Topliss-reactive ketones (excluding diaryl/α,β-unsaturated/α-hetero) is 1. The summed E-state index contributed by atoms with van der Waals surface area (Å²) in [5.41, 5.74) is 0.623. The first kappa shape index (κ1) is 23.4. The molecule has 2 unspecified atom stereocenters. The van der Waals surface area contributed by atoms with Gasteiger partial charge in [-0.2, -0.15) is 13.2 Å². The van der Waals surface area contributed by atoms with Crippen molar-refractivity contribution in [2.45, 2.75) is 52.4 Å². The highest BCUT2D eigenvalue weighted by atomic mass is 19.4. The van der Waals surface area contributed by atoms with Crippen molar-refractivity contribution in [2.24, 2.45) is 5.92 Å². The summed E-state index contributed by atoms with van der Waals surface area (Å²) >= 11 is 0. The van der Waals surface area contributed by atoms with E-state index in [0.717, 1.165) is 17.7 Å². The molecule has 0 fully saturated rings. The summed E-state index contributed by atoms with van der Waals surface area (Å²) in [6, 6.07) is 7.31. The summed E-state index contributed by atoms with van der Waals surface area (Å²) in [5.74, 6) is -0.263. The summed E-state index contributed by atoms with van der Waals surface area (Å²) in [4.78, 5) is 28.5. The van der Waals surface area contributed by atoms with E-state index in [1.165, 1.54) is 19.1 Å². The molecule has 1 heterocycles. The van der Waals surface area contributed by atoms with E-state index in [1.807, 2.05) is 13.8 Å². The number of pyridine rings is 1. The number of amides is 1. The highest BCUT2D eigenvalue weighted by Gasteiger charge is 2.30. The third-order valence-electron chi connectivity index (χ3n) is 4.56. The van der Waals surface area contributed by atoms with Gasteiger partial charge in [0, 0.05) is 24.2 Å². The van der Waals surface area contributed by atoms with Crippen molar-refractivity contribution in [3.8, 4) is 5.75 Å². The smallest absolute Gasteiger partial charge is 0.416 e. The van der Waals surface area contributed by atoms with Crippen LogP contribution in [0, 0.1) is 5.92 Å². The second kappa shape index (κ2) is 9.73. The standard InChI is InChI=1S/C22H25F3N2O3/c1-13(2)20(28)12-18-11-16(9-10-26-18)14(3)27-21(29)15(4)30-19-7-5-17(6-8-19)22(23,24)25/h5-11,13-15H,12H2,1-4H3,(H,27,29). The number of hydrogen-bond acceptors (Lipinski definition) is 4. The van der Waals surface area contributed by atoms with E-state index >= 15 is 0 Å². The molecule has 2 atom stereocenters. The van der Waals surface area contributed by atoms with Crippen LogP contribution in [0.4, 0.5) is 13.2 Å². The van der Waals surface area contributed by atoms with Gasteiger partial charge in [0.05, 0.1) is 11.6 Å². The van der Waals surface area contributed by atoms with Gasteiger partial charge in [0.15, 0.2) is 6.10 Å². The van der Waals surface area contributed by atoms with Crippen LogP contribution in [-0.2, 0) is 22.2 Å². The minimum absolute atomic E-state index is 0.0786. The first-order chi connectivity index (χ1) is 14.0. The molecule has 8 heteroatoms. The Labute approximate surface area is 173 Å². The van der Waals surface area contributed by atoms with Gasteiger partial charge in [-0.15, -0.1) is 0 Å². The molecular formula is C22H25F3N2O3. The second-order valence-corrected chi connectivity index (χ2v) is 7.39. The van der Waals surface area contributed by atoms with Crippen molar-refractivity contribution in [1.82, 2.24) is 10.3 Å². The highest BCUT2D eigenvalue weighted by Crippen LogP contribution is 2.30. The molecule has 1 N–H and O–H groups in total. The first-order valence-electron chi connectivity index (χ1n) is 9.59. The average molecular weight is 422 g/mol. The molecule has 5 nitrogen and oxygen atoms in total. The predicted molar refractivity (Wildman–Crippen MR) is 106 cm³/mol. The van der Waals surface area contributed by atoms with Gasteiger partial charge in [-0.1, -0.05) is 13.8 Å². The maximum absolute atomic E-state index is 12.6. The molecule has 0 bridgehead atoms. The number of ether oxygens (including phenoxy) is 1. The fourth-order valence-electron chi connectivity index (χ4n) is 2.64. The Kier molecular flexibility index (Phi) is 7.59. The van der Waals surface area contributed by atoms with Gasteiger partial charge < -0.3 is 10.1 Å². The van der Waals surface area contributed by atoms with E-state index in [1.54, 1.807) is 25.3 Å². The molecule has 0 radical (unpaired) electrons. The van der Waals surface area contributed by atoms with Crippen LogP contribution in [0.25, 0.3) is 0 Å². The summed E-state index contributed by atoms with van der Waals surface area (Å²) < 4.78 is 43.3. The second-order valence-electron chi connectivity index (χ2n) is 7.39. The zero-order valence-corrected chi connectivity index (χ0v) is 17.3. The van der Waals surface area contributed by atoms with E-state index < -0.39 is 23.8 Å². The molecule has 1 aromatic carbocycles. The van der Waals surface area contributed by atoms with Crippen molar-refractivity contribution < 1.29 is 27.5 Å². The number of alkyl halides is 3. The molecular weight excluding hydrogens is 397 g/mol. The van der Waals surface area contributed by atoms with Crippen LogP contribution < -0.4 is 10.1 Å². The van der Waals surface area contributed by atoms with Crippen LogP contribution in [0.1, 0.15) is 50.6 Å². The Balaban J connectivity index is 1.97. The van der Waals surface area contributed by atoms with Crippen molar-refractivity contribution in [1.29, 1.82) is 0 Å². The monoisotopic (exact) mass is 422 g/mol. The molecule has 1 aromatic heterocycles. The molecule has 0 aliphatic heterocycles. The van der Waals surface area contributed by atoms with Crippen LogP contribution in [0.15, 0.2) is 42.6 Å². The molecule has 0 saturated heterocycles. The number of nitrogens with one attached hydrogen (secondary N) is 1. The normalized spacial score (nSPS) is 13.6. The van der Waals surface area contributed by atoms with Crippen LogP contribution in [0.3, 0.4) is 0 Å². The number of aromatic nitrogens is 1. The minimum atomic E-state index is -4.43. The first-order valence-corrected chi connectivity index (χ1v) is 9.59. The van der Waals surface area contributed by atoms with Crippen LogP contribution in [0.5, 0.6) is 5.75 Å². The van der Waals surface area contributed by atoms with E-state index in [2.05, 4.69) is 10.3 Å². The van der Waals surface area contributed by atoms with Gasteiger partial charge >= 0.3 is 6.18 Å². The quantitative estimate of drug-likeness (QED) is 0.680. The molecule has 0 aliphatic carbocycles. The van der Waals surface area contributed by atoms with Gasteiger partial charge in [0.25, 0.3) is 5.91 Å². The van der Waals surface area contributed by atoms with Gasteiger partial charge in [-0.05, 0) is 55.8 Å². The Morgan fingerprint density at radius 2 is 1.70 bits per heavy atom. The van der Waals surface area contributed by atoms with E-state index in [0.29, 0.717) is 5.69 Å². The molecule has 0 aliphatic rings. The zero-order chi connectivity index (χ0) is 22.5. The maximum atomic E-state index is 12.6. The number of hydrogen-bond donors (Lipinski definition) is 1. The van der Waals surface area contributed by atoms with E-state index in [4.69, 9.17) is 4.74 Å². The molecule has 162 valence electrons. The lowest BCUT2D eigenvalue weighted by molar-refractivity contribution is -0.137. The molecule has 2 aromatic rings. The fourth-order valence-corrected chi connectivity index (χ4v) is 2.64. The molecule has 2 rings (SSSR count). The lowest BCUT2D eigenvalue weighted by Gasteiger charge is -2.19. The lowest BCUT2D eigenvalue weighted by Crippen LogP contribution is -2.37. The van der Waals surface area contributed by atoms with Gasteiger partial charge in [-0.3, -0.25) is 14.6 Å². The summed E-state index contributed by atoms with van der Waals surface area (Å²) in [7, 11) is 0. The Hall–Kier alpha value is -2.90. The van der Waals surface area contributed by atoms with E-state index in [-0.39, 0.29) is 29.9 Å². The topological polar surface area (TPSA) is 68.3 Å². The Bertz CT molecular complexity index is 880. The van der Waals surface area contributed by atoms with Gasteiger partial charge in [-0.25, -0.2) is 0 Å². The van der Waals surface area contributed by atoms with Crippen LogP contribution in [0.2, 0.25) is 0 Å². The molecule has 1 amide bonds. The number of carbonyl (C=O) groups is 2. The van der Waals surface area contributed by atoms with Gasteiger partial charge in [0.2, 0.25) is 0 Å². The third-order valence-corrected chi connectivity index (χ3v) is 4.56. The molecule has 0 spiro atoms. The third kappa shape index (κ3) is 6.57. The average Bonchev–Trinajstić information content (AvgIpc) is 2.67.